The van der Waals surface area contributed by atoms with Gasteiger partial charge in [0.1, 0.15) is 24.0 Å². The zero-order valence-corrected chi connectivity index (χ0v) is 18.1. The van der Waals surface area contributed by atoms with E-state index in [1.165, 1.54) is 20.8 Å². The molecule has 1 aromatic carbocycles. The van der Waals surface area contributed by atoms with Gasteiger partial charge in [0.25, 0.3) is 0 Å². The van der Waals surface area contributed by atoms with Crippen LogP contribution in [-0.4, -0.2) is 53.8 Å². The highest BCUT2D eigenvalue weighted by molar-refractivity contribution is 7.52. The molecule has 29 heavy (non-hydrogen) atoms. The van der Waals surface area contributed by atoms with E-state index in [0.717, 1.165) is 0 Å². The van der Waals surface area contributed by atoms with Crippen LogP contribution in [0.25, 0.3) is 0 Å². The zero-order valence-electron chi connectivity index (χ0n) is 17.2. The maximum absolute atomic E-state index is 14.4. The molecule has 1 aromatic rings. The number of halogens is 1. The van der Waals surface area contributed by atoms with Crippen molar-refractivity contribution in [3.63, 3.8) is 0 Å². The van der Waals surface area contributed by atoms with Crippen molar-refractivity contribution in [2.75, 3.05) is 6.61 Å². The van der Waals surface area contributed by atoms with Gasteiger partial charge in [0.05, 0.1) is 18.8 Å². The van der Waals surface area contributed by atoms with Crippen LogP contribution in [0.3, 0.4) is 0 Å². The second kappa shape index (κ2) is 9.53. The molecule has 164 valence electrons. The molecule has 0 saturated carbocycles. The Hall–Kier alpha value is -1.51. The summed E-state index contributed by atoms with van der Waals surface area (Å²) in [7, 11) is -4.10. The van der Waals surface area contributed by atoms with Crippen molar-refractivity contribution in [3.05, 3.63) is 30.3 Å². The minimum absolute atomic E-state index is 0.240. The molecule has 0 amide bonds. The molecule has 10 heteroatoms. The molecule has 2 rings (SSSR count). The van der Waals surface area contributed by atoms with E-state index in [9.17, 15) is 18.9 Å². The number of rotatable bonds is 9. The second-order valence-electron chi connectivity index (χ2n) is 7.45. The first-order chi connectivity index (χ1) is 13.4. The maximum atomic E-state index is 14.4. The van der Waals surface area contributed by atoms with Gasteiger partial charge in [0, 0.05) is 0 Å². The topological polar surface area (TPSA) is 103 Å². The fraction of sp³-hybridized carbons (Fsp3) is 0.632. The Morgan fingerprint density at radius 3 is 2.48 bits per heavy atom. The number of benzene rings is 1. The number of nitrogens with one attached hydrogen (secondary N) is 1. The predicted octanol–water partition coefficient (Wildman–Crippen LogP) is 3.00. The molecule has 1 aliphatic rings. The van der Waals surface area contributed by atoms with Crippen LogP contribution < -0.4 is 9.61 Å². The Morgan fingerprint density at radius 2 is 1.97 bits per heavy atom. The number of aliphatic hydroxyl groups is 1. The average Bonchev–Trinajstić information content (AvgIpc) is 2.83. The number of hydrogen-bond acceptors (Lipinski definition) is 7. The van der Waals surface area contributed by atoms with Crippen molar-refractivity contribution in [3.8, 4) is 5.75 Å². The Balaban J connectivity index is 2.12. The van der Waals surface area contributed by atoms with Crippen molar-refractivity contribution < 1.29 is 37.4 Å². The summed E-state index contributed by atoms with van der Waals surface area (Å²) in [6.07, 6.45) is -3.74. The van der Waals surface area contributed by atoms with Gasteiger partial charge in [-0.2, -0.15) is 5.09 Å². The molecule has 0 radical (unpaired) electrons. The fourth-order valence-electron chi connectivity index (χ4n) is 2.71. The molecule has 1 fully saturated rings. The van der Waals surface area contributed by atoms with Gasteiger partial charge in [-0.3, -0.25) is 9.32 Å². The summed E-state index contributed by atoms with van der Waals surface area (Å²) < 4.78 is 49.1. The highest BCUT2D eigenvalue weighted by Gasteiger charge is 2.52. The summed E-state index contributed by atoms with van der Waals surface area (Å²) in [6.45, 7) is 7.14. The van der Waals surface area contributed by atoms with E-state index in [2.05, 4.69) is 5.09 Å². The van der Waals surface area contributed by atoms with E-state index in [1.807, 2.05) is 0 Å². The fourth-order valence-corrected chi connectivity index (χ4v) is 4.21. The quantitative estimate of drug-likeness (QED) is 0.453. The van der Waals surface area contributed by atoms with Gasteiger partial charge in [-0.1, -0.05) is 18.2 Å². The summed E-state index contributed by atoms with van der Waals surface area (Å²) in [4.78, 5) is 12.1. The summed E-state index contributed by atoms with van der Waals surface area (Å²) in [5.74, 6) is -0.396. The van der Waals surface area contributed by atoms with Crippen molar-refractivity contribution in [2.45, 2.75) is 70.7 Å². The van der Waals surface area contributed by atoms with E-state index < -0.39 is 50.3 Å². The van der Waals surface area contributed by atoms with Crippen LogP contribution in [0.1, 0.15) is 34.6 Å². The van der Waals surface area contributed by atoms with Crippen LogP contribution in [0.2, 0.25) is 0 Å². The lowest BCUT2D eigenvalue weighted by molar-refractivity contribution is -0.149. The van der Waals surface area contributed by atoms with Gasteiger partial charge in [0.15, 0.2) is 5.67 Å². The number of hydrogen-bond donors (Lipinski definition) is 2. The SMILES string of the molecule is CC(C)OC(=O)[C@H](C)NP(=O)(OCC1OC(C)[C@](C)(F)[C@@H]1O)Oc1ccccc1. The molecular formula is C19H29FNO7P. The monoisotopic (exact) mass is 433 g/mol. The minimum Gasteiger partial charge on any atom is -0.462 e. The van der Waals surface area contributed by atoms with Crippen molar-refractivity contribution in [1.29, 1.82) is 0 Å². The van der Waals surface area contributed by atoms with Crippen LogP contribution in [0, 0.1) is 0 Å². The van der Waals surface area contributed by atoms with Gasteiger partial charge in [0.2, 0.25) is 0 Å². The first-order valence-corrected chi connectivity index (χ1v) is 11.0. The molecule has 0 aliphatic carbocycles. The van der Waals surface area contributed by atoms with Gasteiger partial charge in [-0.05, 0) is 46.8 Å². The lowest BCUT2D eigenvalue weighted by Gasteiger charge is -2.25. The number of alkyl halides is 1. The van der Waals surface area contributed by atoms with Crippen molar-refractivity contribution >= 4 is 13.7 Å². The third-order valence-electron chi connectivity index (χ3n) is 4.54. The largest absolute Gasteiger partial charge is 0.462 e. The zero-order chi connectivity index (χ0) is 21.8. The lowest BCUT2D eigenvalue weighted by atomic mass is 9.96. The number of esters is 1. The first kappa shape index (κ1) is 23.8. The smallest absolute Gasteiger partial charge is 0.459 e. The van der Waals surface area contributed by atoms with Crippen molar-refractivity contribution in [1.82, 2.24) is 5.09 Å². The molecule has 6 atom stereocenters. The van der Waals surface area contributed by atoms with Gasteiger partial charge >= 0.3 is 13.7 Å². The number of carbonyl (C=O) groups excluding carboxylic acids is 1. The van der Waals surface area contributed by atoms with E-state index in [-0.39, 0.29) is 11.9 Å². The molecule has 0 bridgehead atoms. The Labute approximate surface area is 170 Å². The van der Waals surface area contributed by atoms with E-state index >= 15 is 0 Å². The molecule has 0 aromatic heterocycles. The number of carbonyl (C=O) groups is 1. The van der Waals surface area contributed by atoms with Gasteiger partial charge in [-0.25, -0.2) is 8.96 Å². The van der Waals surface area contributed by atoms with E-state index in [1.54, 1.807) is 44.2 Å². The highest BCUT2D eigenvalue weighted by Crippen LogP contribution is 2.46. The number of aliphatic hydroxyl groups excluding tert-OH is 1. The van der Waals surface area contributed by atoms with Crippen LogP contribution in [0.5, 0.6) is 5.75 Å². The summed E-state index contributed by atoms with van der Waals surface area (Å²) in [5.41, 5.74) is -1.97. The van der Waals surface area contributed by atoms with Crippen LogP contribution in [0.15, 0.2) is 30.3 Å². The third-order valence-corrected chi connectivity index (χ3v) is 6.18. The Kier molecular flexibility index (Phi) is 7.81. The van der Waals surface area contributed by atoms with Crippen LogP contribution >= 0.6 is 7.75 Å². The number of ether oxygens (including phenoxy) is 2. The summed E-state index contributed by atoms with van der Waals surface area (Å²) >= 11 is 0. The normalized spacial score (nSPS) is 30.0. The Morgan fingerprint density at radius 1 is 1.34 bits per heavy atom. The lowest BCUT2D eigenvalue weighted by Crippen LogP contribution is -2.41. The molecule has 1 aliphatic heterocycles. The average molecular weight is 433 g/mol. The van der Waals surface area contributed by atoms with E-state index in [0.29, 0.717) is 0 Å². The molecule has 1 heterocycles. The Bertz CT molecular complexity index is 731. The van der Waals surface area contributed by atoms with Gasteiger partial charge < -0.3 is 19.1 Å². The van der Waals surface area contributed by atoms with Crippen LogP contribution in [-0.2, 0) is 23.4 Å². The molecular weight excluding hydrogens is 404 g/mol. The highest BCUT2D eigenvalue weighted by atomic mass is 31.2. The summed E-state index contributed by atoms with van der Waals surface area (Å²) in [5, 5.41) is 12.7. The third kappa shape index (κ3) is 6.23. The maximum Gasteiger partial charge on any atom is 0.459 e. The predicted molar refractivity (Wildman–Crippen MR) is 104 cm³/mol. The standard InChI is InChI=1S/C19H29FNO7P/c1-12(2)26-18(23)13(3)21-29(24,28-15-9-7-6-8-10-15)25-11-16-17(22)19(5,20)14(4)27-16/h6-10,12-14,16-17,22H,11H2,1-5H3,(H,21,24)/t13-,14?,16?,17+,19-,29?/m0/s1. The second-order valence-corrected chi connectivity index (χ2v) is 9.14. The molecule has 3 unspecified atom stereocenters. The first-order valence-electron chi connectivity index (χ1n) is 9.44. The molecule has 1 saturated heterocycles. The van der Waals surface area contributed by atoms with Gasteiger partial charge in [-0.15, -0.1) is 0 Å². The number of para-hydroxylation sites is 1. The molecule has 8 nitrogen and oxygen atoms in total. The van der Waals surface area contributed by atoms with Crippen LogP contribution in [0.4, 0.5) is 4.39 Å². The molecule has 0 spiro atoms. The van der Waals surface area contributed by atoms with Crippen molar-refractivity contribution in [2.24, 2.45) is 0 Å². The van der Waals surface area contributed by atoms with E-state index in [4.69, 9.17) is 18.5 Å². The summed E-state index contributed by atoms with van der Waals surface area (Å²) in [6, 6.07) is 7.23. The molecule has 2 N–H and O–H groups in total. The minimum atomic E-state index is -4.10.